The molecule has 0 bridgehead atoms. The molecule has 0 fully saturated rings. The molecule has 1 nitrogen and oxygen atoms in total. The Morgan fingerprint density at radius 2 is 2.00 bits per heavy atom. The van der Waals surface area contributed by atoms with E-state index in [2.05, 4.69) is 20.1 Å². The van der Waals surface area contributed by atoms with E-state index in [4.69, 9.17) is 5.11 Å². The van der Waals surface area contributed by atoms with Crippen molar-refractivity contribution >= 4 is 0 Å². The maximum Gasteiger partial charge on any atom is 0.0512 e. The monoisotopic (exact) mass is 180 g/mol. The fourth-order valence-corrected chi connectivity index (χ4v) is 1.03. The van der Waals surface area contributed by atoms with Gasteiger partial charge in [-0.1, -0.05) is 43.9 Å². The van der Waals surface area contributed by atoms with Crippen molar-refractivity contribution in [2.75, 3.05) is 0 Å². The van der Waals surface area contributed by atoms with Crippen molar-refractivity contribution in [2.24, 2.45) is 5.92 Å². The largest absolute Gasteiger partial charge is 0.393 e. The fourth-order valence-electron chi connectivity index (χ4n) is 1.03. The summed E-state index contributed by atoms with van der Waals surface area (Å²) in [6.45, 7) is 11.5. The summed E-state index contributed by atoms with van der Waals surface area (Å²) in [6.07, 6.45) is 7.21. The lowest BCUT2D eigenvalue weighted by Gasteiger charge is -2.12. The van der Waals surface area contributed by atoms with E-state index in [0.717, 1.165) is 18.4 Å². The zero-order chi connectivity index (χ0) is 10.3. The molecule has 0 saturated heterocycles. The van der Waals surface area contributed by atoms with E-state index >= 15 is 0 Å². The summed E-state index contributed by atoms with van der Waals surface area (Å²) in [5.74, 6) is 0.436. The second kappa shape index (κ2) is 6.67. The number of hydrogen-bond acceptors (Lipinski definition) is 1. The van der Waals surface area contributed by atoms with Gasteiger partial charge in [0.05, 0.1) is 6.10 Å². The number of aliphatic hydroxyl groups excluding tert-OH is 1. The number of allylic oxidation sites excluding steroid dienone is 4. The topological polar surface area (TPSA) is 20.2 Å². The Morgan fingerprint density at radius 1 is 1.38 bits per heavy atom. The molecule has 0 spiro atoms. The predicted molar refractivity (Wildman–Crippen MR) is 58.6 cm³/mol. The SMILES string of the molecule is C=C/C=C\C(=C)C(C)CCC(C)O. The van der Waals surface area contributed by atoms with Crippen LogP contribution in [-0.2, 0) is 0 Å². The summed E-state index contributed by atoms with van der Waals surface area (Å²) in [4.78, 5) is 0. The Bertz CT molecular complexity index is 189. The highest BCUT2D eigenvalue weighted by atomic mass is 16.3. The smallest absolute Gasteiger partial charge is 0.0512 e. The van der Waals surface area contributed by atoms with Crippen LogP contribution in [0.2, 0.25) is 0 Å². The number of hydrogen-bond donors (Lipinski definition) is 1. The highest BCUT2D eigenvalue weighted by molar-refractivity contribution is 5.20. The third-order valence-electron chi connectivity index (χ3n) is 2.10. The molecule has 13 heavy (non-hydrogen) atoms. The van der Waals surface area contributed by atoms with Crippen LogP contribution in [0, 0.1) is 5.92 Å². The first-order valence-electron chi connectivity index (χ1n) is 4.74. The average molecular weight is 180 g/mol. The Labute approximate surface area is 81.5 Å². The van der Waals surface area contributed by atoms with E-state index in [0.29, 0.717) is 5.92 Å². The van der Waals surface area contributed by atoms with Gasteiger partial charge < -0.3 is 5.11 Å². The fraction of sp³-hybridized carbons (Fsp3) is 0.500. The Morgan fingerprint density at radius 3 is 2.46 bits per heavy atom. The quantitative estimate of drug-likeness (QED) is 0.623. The molecule has 1 heteroatoms. The molecule has 0 radical (unpaired) electrons. The molecule has 0 aliphatic rings. The number of aliphatic hydroxyl groups is 1. The van der Waals surface area contributed by atoms with E-state index in [1.54, 1.807) is 6.08 Å². The minimum absolute atomic E-state index is 0.210. The van der Waals surface area contributed by atoms with Gasteiger partial charge >= 0.3 is 0 Å². The second-order valence-corrected chi connectivity index (χ2v) is 3.50. The van der Waals surface area contributed by atoms with Crippen LogP contribution in [0.3, 0.4) is 0 Å². The molecule has 74 valence electrons. The van der Waals surface area contributed by atoms with Gasteiger partial charge in [-0.25, -0.2) is 0 Å². The van der Waals surface area contributed by atoms with Gasteiger partial charge in [-0.05, 0) is 25.7 Å². The third kappa shape index (κ3) is 6.35. The molecule has 0 aromatic carbocycles. The van der Waals surface area contributed by atoms with Crippen LogP contribution in [0.25, 0.3) is 0 Å². The minimum Gasteiger partial charge on any atom is -0.393 e. The molecule has 0 heterocycles. The summed E-state index contributed by atoms with van der Waals surface area (Å²) in [7, 11) is 0. The first-order chi connectivity index (χ1) is 6.07. The lowest BCUT2D eigenvalue weighted by Crippen LogP contribution is -2.04. The Hall–Kier alpha value is -0.820. The van der Waals surface area contributed by atoms with Gasteiger partial charge in [0.2, 0.25) is 0 Å². The van der Waals surface area contributed by atoms with E-state index in [9.17, 15) is 0 Å². The van der Waals surface area contributed by atoms with Crippen molar-refractivity contribution in [1.29, 1.82) is 0 Å². The van der Waals surface area contributed by atoms with Gasteiger partial charge in [-0.2, -0.15) is 0 Å². The summed E-state index contributed by atoms with van der Waals surface area (Å²) in [5.41, 5.74) is 1.10. The van der Waals surface area contributed by atoms with Crippen LogP contribution < -0.4 is 0 Å². The highest BCUT2D eigenvalue weighted by Gasteiger charge is 2.05. The normalized spacial score (nSPS) is 15.6. The lowest BCUT2D eigenvalue weighted by molar-refractivity contribution is 0.177. The van der Waals surface area contributed by atoms with Gasteiger partial charge in [0.1, 0.15) is 0 Å². The molecular weight excluding hydrogens is 160 g/mol. The van der Waals surface area contributed by atoms with Crippen molar-refractivity contribution in [2.45, 2.75) is 32.8 Å². The maximum atomic E-state index is 9.10. The van der Waals surface area contributed by atoms with Crippen LogP contribution in [0.15, 0.2) is 37.0 Å². The second-order valence-electron chi connectivity index (χ2n) is 3.50. The summed E-state index contributed by atoms with van der Waals surface area (Å²) in [5, 5.41) is 9.10. The maximum absolute atomic E-state index is 9.10. The Balaban J connectivity index is 3.82. The van der Waals surface area contributed by atoms with E-state index in [-0.39, 0.29) is 6.10 Å². The average Bonchev–Trinajstić information content (AvgIpc) is 2.10. The van der Waals surface area contributed by atoms with Gasteiger partial charge in [-0.15, -0.1) is 0 Å². The van der Waals surface area contributed by atoms with E-state index < -0.39 is 0 Å². The van der Waals surface area contributed by atoms with Gasteiger partial charge in [0, 0.05) is 0 Å². The van der Waals surface area contributed by atoms with Crippen LogP contribution in [0.1, 0.15) is 26.7 Å². The van der Waals surface area contributed by atoms with E-state index in [1.165, 1.54) is 0 Å². The van der Waals surface area contributed by atoms with Crippen LogP contribution in [0.4, 0.5) is 0 Å². The molecule has 0 rings (SSSR count). The molecule has 0 aromatic heterocycles. The Kier molecular flexibility index (Phi) is 6.25. The van der Waals surface area contributed by atoms with Crippen molar-refractivity contribution < 1.29 is 5.11 Å². The van der Waals surface area contributed by atoms with E-state index in [1.807, 2.05) is 19.1 Å². The molecule has 2 atom stereocenters. The molecule has 0 aliphatic heterocycles. The summed E-state index contributed by atoms with van der Waals surface area (Å²) >= 11 is 0. The molecule has 2 unspecified atom stereocenters. The van der Waals surface area contributed by atoms with Gasteiger partial charge in [0.15, 0.2) is 0 Å². The highest BCUT2D eigenvalue weighted by Crippen LogP contribution is 2.16. The summed E-state index contributed by atoms with van der Waals surface area (Å²) in [6, 6.07) is 0. The van der Waals surface area contributed by atoms with Crippen LogP contribution in [-0.4, -0.2) is 11.2 Å². The van der Waals surface area contributed by atoms with Crippen molar-refractivity contribution in [3.05, 3.63) is 37.0 Å². The molecular formula is C12H20O. The molecule has 0 amide bonds. The zero-order valence-electron chi connectivity index (χ0n) is 8.66. The van der Waals surface area contributed by atoms with Gasteiger partial charge in [0.25, 0.3) is 0 Å². The zero-order valence-corrected chi connectivity index (χ0v) is 8.66. The van der Waals surface area contributed by atoms with Crippen LogP contribution >= 0.6 is 0 Å². The third-order valence-corrected chi connectivity index (χ3v) is 2.10. The summed E-state index contributed by atoms with van der Waals surface area (Å²) < 4.78 is 0. The first kappa shape index (κ1) is 12.2. The molecule has 0 saturated carbocycles. The number of rotatable bonds is 6. The van der Waals surface area contributed by atoms with Crippen molar-refractivity contribution in [3.8, 4) is 0 Å². The molecule has 0 aliphatic carbocycles. The van der Waals surface area contributed by atoms with Crippen molar-refractivity contribution in [1.82, 2.24) is 0 Å². The molecule has 0 aromatic rings. The predicted octanol–water partition coefficient (Wildman–Crippen LogP) is 3.08. The first-order valence-corrected chi connectivity index (χ1v) is 4.74. The lowest BCUT2D eigenvalue weighted by atomic mass is 9.95. The van der Waals surface area contributed by atoms with Crippen molar-refractivity contribution in [3.63, 3.8) is 0 Å². The van der Waals surface area contributed by atoms with Crippen LogP contribution in [0.5, 0.6) is 0 Å². The van der Waals surface area contributed by atoms with Gasteiger partial charge in [-0.3, -0.25) is 0 Å². The minimum atomic E-state index is -0.210. The standard InChI is InChI=1S/C12H20O/c1-5-6-7-10(2)11(3)8-9-12(4)13/h5-7,11-13H,1-2,8-9H2,3-4H3/b7-6-. The molecule has 1 N–H and O–H groups in total.